The molecule has 1 aliphatic carbocycles. The average Bonchev–Trinajstić information content (AvgIpc) is 2.87. The minimum Gasteiger partial charge on any atom is -0.462 e. The van der Waals surface area contributed by atoms with E-state index in [1.807, 2.05) is 12.1 Å². The fraction of sp³-hybridized carbons (Fsp3) is 0.714. The molecule has 1 aromatic carbocycles. The Morgan fingerprint density at radius 3 is 1.70 bits per heavy atom. The summed E-state index contributed by atoms with van der Waals surface area (Å²) in [4.78, 5) is 0. The van der Waals surface area contributed by atoms with Crippen LogP contribution in [0.2, 0.25) is 0 Å². The van der Waals surface area contributed by atoms with Gasteiger partial charge in [-0.1, -0.05) is 31.4 Å². The monoisotopic (exact) mass is 606 g/mol. The van der Waals surface area contributed by atoms with E-state index in [-0.39, 0.29) is 5.92 Å². The number of hydrogen-bond acceptors (Lipinski definition) is 10. The Hall–Kier alpha value is -1.22. The normalized spacial score (nSPS) is 17.1. The zero-order valence-corrected chi connectivity index (χ0v) is 27.5. The van der Waals surface area contributed by atoms with Crippen LogP contribution in [0.3, 0.4) is 0 Å². The Balaban J connectivity index is 2.69. The number of aryl methyl sites for hydroxylation is 1. The van der Waals surface area contributed by atoms with Crippen LogP contribution in [0.25, 0.3) is 0 Å². The van der Waals surface area contributed by atoms with Crippen molar-refractivity contribution in [1.29, 1.82) is 0 Å². The SMILES string of the molecule is CCCCCc1cc(OC(C)(C)OP(=O)(OC)OC)c(C2C=C(C)CCC2)c(OC(C)(C)OP(=O)(OC)OC)c1. The van der Waals surface area contributed by atoms with E-state index in [4.69, 9.17) is 36.6 Å². The zero-order valence-electron chi connectivity index (χ0n) is 25.7. The standard InChI is InChI=1S/C28H48O10P2/c1-11-12-13-16-22-19-24(35-27(3,4)37-39(29,31-7)32-8)26(23-17-14-15-21(2)18-23)25(20-22)36-28(5,6)38-40(30,33-9)34-10/h18-20,23H,11-17H2,1-10H3. The summed E-state index contributed by atoms with van der Waals surface area (Å²) in [6.07, 6.45) is 8.98. The van der Waals surface area contributed by atoms with Gasteiger partial charge in [0.25, 0.3) is 0 Å². The van der Waals surface area contributed by atoms with E-state index < -0.39 is 27.2 Å². The molecule has 0 saturated heterocycles. The second-order valence-corrected chi connectivity index (χ2v) is 14.4. The lowest BCUT2D eigenvalue weighted by Gasteiger charge is -2.34. The molecular formula is C28H48O10P2. The van der Waals surface area contributed by atoms with Crippen molar-refractivity contribution in [2.75, 3.05) is 28.4 Å². The maximum absolute atomic E-state index is 12.8. The highest BCUT2D eigenvalue weighted by molar-refractivity contribution is 7.48. The van der Waals surface area contributed by atoms with Gasteiger partial charge in [-0.2, -0.15) is 0 Å². The first-order valence-electron chi connectivity index (χ1n) is 13.7. The summed E-state index contributed by atoms with van der Waals surface area (Å²) >= 11 is 0. The van der Waals surface area contributed by atoms with Gasteiger partial charge in [0, 0.05) is 67.6 Å². The van der Waals surface area contributed by atoms with Crippen molar-refractivity contribution in [2.45, 2.75) is 104 Å². The van der Waals surface area contributed by atoms with Crippen LogP contribution in [-0.2, 0) is 42.7 Å². The smallest absolute Gasteiger partial charge is 0.462 e. The summed E-state index contributed by atoms with van der Waals surface area (Å²) in [6.45, 7) is 10.8. The number of hydrogen-bond donors (Lipinski definition) is 0. The molecule has 0 spiro atoms. The van der Waals surface area contributed by atoms with E-state index in [9.17, 15) is 9.13 Å². The van der Waals surface area contributed by atoms with Crippen molar-refractivity contribution in [3.05, 3.63) is 34.9 Å². The first-order chi connectivity index (χ1) is 18.6. The Kier molecular flexibility index (Phi) is 12.9. The maximum atomic E-state index is 12.8. The predicted molar refractivity (Wildman–Crippen MR) is 155 cm³/mol. The van der Waals surface area contributed by atoms with Crippen molar-refractivity contribution >= 4 is 15.6 Å². The number of ether oxygens (including phenoxy) is 2. The van der Waals surface area contributed by atoms with Gasteiger partial charge < -0.3 is 9.47 Å². The second kappa shape index (κ2) is 14.8. The molecule has 1 atom stereocenters. The molecule has 1 aliphatic rings. The van der Waals surface area contributed by atoms with Crippen molar-refractivity contribution < 1.29 is 45.7 Å². The van der Waals surface area contributed by atoms with Crippen LogP contribution in [0.1, 0.15) is 97.1 Å². The van der Waals surface area contributed by atoms with Gasteiger partial charge in [0.2, 0.25) is 11.6 Å². The van der Waals surface area contributed by atoms with Gasteiger partial charge in [-0.3, -0.25) is 18.1 Å². The molecule has 12 heteroatoms. The van der Waals surface area contributed by atoms with Gasteiger partial charge in [-0.05, 0) is 56.7 Å². The summed E-state index contributed by atoms with van der Waals surface area (Å²) in [5.41, 5.74) is 3.02. The Morgan fingerprint density at radius 2 is 1.30 bits per heavy atom. The number of benzene rings is 1. The molecule has 40 heavy (non-hydrogen) atoms. The molecule has 0 saturated carbocycles. The number of phosphoric acid groups is 2. The van der Waals surface area contributed by atoms with Crippen LogP contribution in [0.4, 0.5) is 0 Å². The van der Waals surface area contributed by atoms with Gasteiger partial charge in [0.1, 0.15) is 11.5 Å². The van der Waals surface area contributed by atoms with Gasteiger partial charge in [0.15, 0.2) is 0 Å². The molecule has 1 aromatic rings. The van der Waals surface area contributed by atoms with Gasteiger partial charge >= 0.3 is 15.6 Å². The van der Waals surface area contributed by atoms with Crippen molar-refractivity contribution in [3.63, 3.8) is 0 Å². The van der Waals surface area contributed by atoms with Crippen LogP contribution in [0, 0.1) is 0 Å². The number of allylic oxidation sites excluding steroid dienone is 2. The first-order valence-corrected chi connectivity index (χ1v) is 16.6. The average molecular weight is 607 g/mol. The molecule has 230 valence electrons. The van der Waals surface area contributed by atoms with Crippen LogP contribution in [0.15, 0.2) is 23.8 Å². The minimum atomic E-state index is -3.85. The molecule has 0 heterocycles. The van der Waals surface area contributed by atoms with Gasteiger partial charge in [0.05, 0.1) is 0 Å². The highest BCUT2D eigenvalue weighted by atomic mass is 31.2. The predicted octanol–water partition coefficient (Wildman–Crippen LogP) is 8.70. The Bertz CT molecular complexity index is 1020. The van der Waals surface area contributed by atoms with E-state index in [1.54, 1.807) is 27.7 Å². The third-order valence-corrected chi connectivity index (χ3v) is 9.56. The van der Waals surface area contributed by atoms with Crippen LogP contribution < -0.4 is 9.47 Å². The molecule has 0 amide bonds. The van der Waals surface area contributed by atoms with Crippen molar-refractivity contribution in [2.24, 2.45) is 0 Å². The highest BCUT2D eigenvalue weighted by Crippen LogP contribution is 2.54. The molecule has 0 bridgehead atoms. The molecule has 0 radical (unpaired) electrons. The first kappa shape index (κ1) is 35.0. The Labute approximate surface area is 240 Å². The van der Waals surface area contributed by atoms with Gasteiger partial charge in [-0.15, -0.1) is 0 Å². The number of rotatable bonds is 17. The summed E-state index contributed by atoms with van der Waals surface area (Å²) in [6, 6.07) is 3.96. The van der Waals surface area contributed by atoms with Gasteiger partial charge in [-0.25, -0.2) is 18.2 Å². The highest BCUT2D eigenvalue weighted by Gasteiger charge is 2.39. The lowest BCUT2D eigenvalue weighted by molar-refractivity contribution is -0.104. The van der Waals surface area contributed by atoms with E-state index in [0.717, 1.165) is 56.1 Å². The molecule has 0 aliphatic heterocycles. The largest absolute Gasteiger partial charge is 0.477 e. The lowest BCUT2D eigenvalue weighted by Crippen LogP contribution is -2.33. The number of phosphoric ester groups is 2. The van der Waals surface area contributed by atoms with E-state index in [1.165, 1.54) is 34.0 Å². The molecular weight excluding hydrogens is 558 g/mol. The molecule has 0 N–H and O–H groups in total. The van der Waals surface area contributed by atoms with Crippen molar-refractivity contribution in [1.82, 2.24) is 0 Å². The fourth-order valence-electron chi connectivity index (χ4n) is 4.66. The third kappa shape index (κ3) is 10.2. The zero-order chi connectivity index (χ0) is 30.2. The topological polar surface area (TPSA) is 108 Å². The van der Waals surface area contributed by atoms with E-state index in [0.29, 0.717) is 11.5 Å². The van der Waals surface area contributed by atoms with E-state index >= 15 is 0 Å². The molecule has 10 nitrogen and oxygen atoms in total. The summed E-state index contributed by atoms with van der Waals surface area (Å²) in [5, 5.41) is 0. The summed E-state index contributed by atoms with van der Waals surface area (Å²) in [5.74, 6) is -1.79. The summed E-state index contributed by atoms with van der Waals surface area (Å²) < 4.78 is 70.0. The molecule has 1 unspecified atom stereocenters. The Morgan fingerprint density at radius 1 is 0.825 bits per heavy atom. The van der Waals surface area contributed by atoms with Crippen LogP contribution in [-0.4, -0.2) is 40.0 Å². The number of unbranched alkanes of at least 4 members (excludes halogenated alkanes) is 2. The maximum Gasteiger partial charge on any atom is 0.477 e. The molecule has 0 aromatic heterocycles. The lowest BCUT2D eigenvalue weighted by atomic mass is 9.84. The summed E-state index contributed by atoms with van der Waals surface area (Å²) in [7, 11) is -2.70. The third-order valence-electron chi connectivity index (χ3n) is 6.44. The molecule has 2 rings (SSSR count). The minimum absolute atomic E-state index is 0.0386. The van der Waals surface area contributed by atoms with Crippen molar-refractivity contribution in [3.8, 4) is 11.5 Å². The van der Waals surface area contributed by atoms with Crippen LogP contribution >= 0.6 is 15.6 Å². The van der Waals surface area contributed by atoms with E-state index in [2.05, 4.69) is 19.9 Å². The molecule has 0 fully saturated rings. The second-order valence-electron chi connectivity index (χ2n) is 10.8. The quantitative estimate of drug-likeness (QED) is 0.0739. The van der Waals surface area contributed by atoms with Crippen LogP contribution in [0.5, 0.6) is 11.5 Å². The fourth-order valence-corrected chi connectivity index (χ4v) is 6.40.